The van der Waals surface area contributed by atoms with Gasteiger partial charge in [-0.15, -0.1) is 0 Å². The Bertz CT molecular complexity index is 1150. The monoisotopic (exact) mass is 413 g/mol. The van der Waals surface area contributed by atoms with Crippen molar-refractivity contribution in [2.75, 3.05) is 13.7 Å². The average molecular weight is 413 g/mol. The third-order valence-corrected chi connectivity index (χ3v) is 4.98. The summed E-state index contributed by atoms with van der Waals surface area (Å²) in [7, 11) is 1.59. The summed E-state index contributed by atoms with van der Waals surface area (Å²) in [5.74, 6) is 1.10. The average Bonchev–Trinajstić information content (AvgIpc) is 3.15. The number of cyclic esters (lactones) is 1. The number of nitrogens with zero attached hydrogens (tertiary/aromatic N) is 1. The number of ether oxygens (including phenoxy) is 3. The predicted molar refractivity (Wildman–Crippen MR) is 120 cm³/mol. The van der Waals surface area contributed by atoms with E-state index in [1.165, 1.54) is 5.56 Å². The number of carbonyl (C=O) groups excluding carboxylic acids is 1. The molecule has 0 spiro atoms. The first-order valence-electron chi connectivity index (χ1n) is 10.1. The molecule has 0 aliphatic carbocycles. The van der Waals surface area contributed by atoms with E-state index >= 15 is 0 Å². The number of aliphatic imine (C=N–C) groups is 1. The summed E-state index contributed by atoms with van der Waals surface area (Å²) in [5, 5.41) is 0. The molecule has 5 heteroatoms. The highest BCUT2D eigenvalue weighted by atomic mass is 16.6. The van der Waals surface area contributed by atoms with E-state index in [4.69, 9.17) is 14.2 Å². The van der Waals surface area contributed by atoms with E-state index in [0.29, 0.717) is 24.0 Å². The van der Waals surface area contributed by atoms with Crippen LogP contribution in [0, 0.1) is 6.92 Å². The first-order valence-corrected chi connectivity index (χ1v) is 10.1. The maximum atomic E-state index is 12.3. The fourth-order valence-electron chi connectivity index (χ4n) is 3.31. The minimum absolute atomic E-state index is 0.248. The van der Waals surface area contributed by atoms with Crippen molar-refractivity contribution in [2.45, 2.75) is 13.3 Å². The van der Waals surface area contributed by atoms with Crippen LogP contribution in [0.1, 0.15) is 22.3 Å². The first-order chi connectivity index (χ1) is 15.1. The van der Waals surface area contributed by atoms with Gasteiger partial charge in [0.05, 0.1) is 13.7 Å². The lowest BCUT2D eigenvalue weighted by Crippen LogP contribution is -2.06. The molecule has 3 aromatic rings. The molecule has 1 aliphatic rings. The summed E-state index contributed by atoms with van der Waals surface area (Å²) in [6.07, 6.45) is 2.49. The molecule has 156 valence electrons. The fraction of sp³-hybridized carbons (Fsp3) is 0.154. The van der Waals surface area contributed by atoms with Crippen LogP contribution < -0.4 is 9.47 Å². The lowest BCUT2D eigenvalue weighted by atomic mass is 10.1. The molecule has 1 aliphatic heterocycles. The highest BCUT2D eigenvalue weighted by molar-refractivity contribution is 6.13. The van der Waals surface area contributed by atoms with Crippen molar-refractivity contribution >= 4 is 17.9 Å². The van der Waals surface area contributed by atoms with Crippen LogP contribution in [0.3, 0.4) is 0 Å². The minimum Gasteiger partial charge on any atom is -0.493 e. The van der Waals surface area contributed by atoms with Crippen LogP contribution in [-0.2, 0) is 16.0 Å². The van der Waals surface area contributed by atoms with Gasteiger partial charge in [0.15, 0.2) is 17.2 Å². The second-order valence-electron chi connectivity index (χ2n) is 7.15. The molecule has 0 bridgehead atoms. The van der Waals surface area contributed by atoms with Crippen LogP contribution in [0.4, 0.5) is 0 Å². The number of benzene rings is 3. The number of rotatable bonds is 7. The second kappa shape index (κ2) is 9.30. The molecular formula is C26H23NO4. The van der Waals surface area contributed by atoms with Crippen LogP contribution in [0.15, 0.2) is 83.5 Å². The van der Waals surface area contributed by atoms with E-state index in [2.05, 4.69) is 17.1 Å². The van der Waals surface area contributed by atoms with Crippen molar-refractivity contribution in [2.24, 2.45) is 4.99 Å². The Morgan fingerprint density at radius 2 is 1.74 bits per heavy atom. The van der Waals surface area contributed by atoms with Gasteiger partial charge in [-0.05, 0) is 47.9 Å². The van der Waals surface area contributed by atoms with E-state index in [1.54, 1.807) is 13.2 Å². The number of carbonyl (C=O) groups is 1. The van der Waals surface area contributed by atoms with E-state index in [1.807, 2.05) is 67.6 Å². The van der Waals surface area contributed by atoms with Gasteiger partial charge in [-0.1, -0.05) is 54.6 Å². The van der Waals surface area contributed by atoms with Gasteiger partial charge in [-0.3, -0.25) is 0 Å². The number of methoxy groups -OCH3 is 1. The molecule has 0 fully saturated rings. The van der Waals surface area contributed by atoms with Crippen molar-refractivity contribution in [1.82, 2.24) is 0 Å². The van der Waals surface area contributed by atoms with Gasteiger partial charge < -0.3 is 14.2 Å². The van der Waals surface area contributed by atoms with Crippen LogP contribution in [-0.4, -0.2) is 25.6 Å². The molecule has 1 heterocycles. The van der Waals surface area contributed by atoms with E-state index in [-0.39, 0.29) is 5.70 Å². The Balaban J connectivity index is 1.50. The zero-order chi connectivity index (χ0) is 21.6. The Labute approximate surface area is 181 Å². The zero-order valence-electron chi connectivity index (χ0n) is 17.5. The Hall–Kier alpha value is -3.86. The normalized spacial score (nSPS) is 14.3. The zero-order valence-corrected chi connectivity index (χ0v) is 17.5. The lowest BCUT2D eigenvalue weighted by molar-refractivity contribution is -0.129. The van der Waals surface area contributed by atoms with Gasteiger partial charge >= 0.3 is 5.97 Å². The Morgan fingerprint density at radius 1 is 0.968 bits per heavy atom. The summed E-state index contributed by atoms with van der Waals surface area (Å²) >= 11 is 0. The first kappa shape index (κ1) is 20.4. The van der Waals surface area contributed by atoms with Gasteiger partial charge in [-0.25, -0.2) is 9.79 Å². The Kier molecular flexibility index (Phi) is 6.13. The second-order valence-corrected chi connectivity index (χ2v) is 7.15. The quantitative estimate of drug-likeness (QED) is 0.405. The molecule has 0 saturated carbocycles. The molecule has 3 aromatic carbocycles. The summed E-state index contributed by atoms with van der Waals surface area (Å²) in [6, 6.07) is 23.3. The van der Waals surface area contributed by atoms with Crippen LogP contribution in [0.2, 0.25) is 0 Å². The third-order valence-electron chi connectivity index (χ3n) is 4.98. The number of aryl methyl sites for hydroxylation is 1. The van der Waals surface area contributed by atoms with Crippen molar-refractivity contribution in [3.8, 4) is 11.5 Å². The van der Waals surface area contributed by atoms with Gasteiger partial charge in [0.1, 0.15) is 0 Å². The standard InChI is InChI=1S/C26H23NO4/c1-18-8-6-7-11-21(18)25-27-22(26(28)31-25)16-20-12-13-23(24(17-20)29-2)30-15-14-19-9-4-3-5-10-19/h3-13,16-17H,14-15H2,1-2H3/b22-16-. The highest BCUT2D eigenvalue weighted by Gasteiger charge is 2.25. The molecule has 31 heavy (non-hydrogen) atoms. The molecule has 0 N–H and O–H groups in total. The summed E-state index contributed by atoms with van der Waals surface area (Å²) < 4.78 is 16.8. The smallest absolute Gasteiger partial charge is 0.363 e. The number of hydrogen-bond donors (Lipinski definition) is 0. The lowest BCUT2D eigenvalue weighted by Gasteiger charge is -2.11. The number of esters is 1. The van der Waals surface area contributed by atoms with Crippen molar-refractivity contribution in [3.63, 3.8) is 0 Å². The van der Waals surface area contributed by atoms with Gasteiger partial charge in [0, 0.05) is 12.0 Å². The van der Waals surface area contributed by atoms with Gasteiger partial charge in [0.2, 0.25) is 5.90 Å². The fourth-order valence-corrected chi connectivity index (χ4v) is 3.31. The minimum atomic E-state index is -0.472. The molecule has 0 aromatic heterocycles. The van der Waals surface area contributed by atoms with E-state index in [0.717, 1.165) is 23.1 Å². The summed E-state index contributed by atoms with van der Waals surface area (Å²) in [6.45, 7) is 2.49. The Morgan fingerprint density at radius 3 is 2.52 bits per heavy atom. The maximum Gasteiger partial charge on any atom is 0.363 e. The topological polar surface area (TPSA) is 57.1 Å². The van der Waals surface area contributed by atoms with Crippen LogP contribution in [0.5, 0.6) is 11.5 Å². The van der Waals surface area contributed by atoms with Crippen molar-refractivity contribution < 1.29 is 19.0 Å². The third kappa shape index (κ3) is 4.83. The molecular weight excluding hydrogens is 390 g/mol. The molecule has 0 saturated heterocycles. The molecule has 5 nitrogen and oxygen atoms in total. The van der Waals surface area contributed by atoms with Crippen molar-refractivity contribution in [1.29, 1.82) is 0 Å². The summed E-state index contributed by atoms with van der Waals surface area (Å²) in [4.78, 5) is 16.7. The molecule has 0 radical (unpaired) electrons. The predicted octanol–water partition coefficient (Wildman–Crippen LogP) is 4.97. The van der Waals surface area contributed by atoms with E-state index < -0.39 is 5.97 Å². The summed E-state index contributed by atoms with van der Waals surface area (Å²) in [5.41, 5.74) is 4.03. The van der Waals surface area contributed by atoms with Crippen LogP contribution in [0.25, 0.3) is 6.08 Å². The maximum absolute atomic E-state index is 12.3. The largest absolute Gasteiger partial charge is 0.493 e. The molecule has 0 atom stereocenters. The van der Waals surface area contributed by atoms with Crippen molar-refractivity contribution in [3.05, 3.63) is 101 Å². The highest BCUT2D eigenvalue weighted by Crippen LogP contribution is 2.30. The molecule has 0 amide bonds. The molecule has 4 rings (SSSR count). The number of hydrogen-bond acceptors (Lipinski definition) is 5. The van der Waals surface area contributed by atoms with E-state index in [9.17, 15) is 4.79 Å². The molecule has 0 unspecified atom stereocenters. The van der Waals surface area contributed by atoms with Gasteiger partial charge in [0.25, 0.3) is 0 Å². The SMILES string of the molecule is COc1cc(/C=C2\N=C(c3ccccc3C)OC2=O)ccc1OCCc1ccccc1. The van der Waals surface area contributed by atoms with Crippen LogP contribution >= 0.6 is 0 Å². The van der Waals surface area contributed by atoms with Gasteiger partial charge in [-0.2, -0.15) is 0 Å².